The first-order chi connectivity index (χ1) is 13.0. The van der Waals surface area contributed by atoms with E-state index in [4.69, 9.17) is 4.52 Å². The van der Waals surface area contributed by atoms with Crippen molar-refractivity contribution in [3.05, 3.63) is 63.5 Å². The van der Waals surface area contributed by atoms with Crippen LogP contribution in [0.15, 0.2) is 44.8 Å². The Morgan fingerprint density at radius 1 is 1.33 bits per heavy atom. The molecular weight excluding hydrogens is 373 g/mol. The van der Waals surface area contributed by atoms with Crippen molar-refractivity contribution in [2.75, 3.05) is 7.11 Å². The quantitative estimate of drug-likeness (QED) is 0.393. The molecule has 2 heterocycles. The fourth-order valence-corrected chi connectivity index (χ4v) is 3.27. The molecule has 0 spiro atoms. The van der Waals surface area contributed by atoms with Crippen LogP contribution in [0.2, 0.25) is 0 Å². The number of H-pyrrole nitrogens is 1. The molecule has 0 fully saturated rings. The van der Waals surface area contributed by atoms with Gasteiger partial charge < -0.3 is 14.2 Å². The van der Waals surface area contributed by atoms with Gasteiger partial charge in [0.05, 0.1) is 24.9 Å². The fourth-order valence-electron chi connectivity index (χ4n) is 2.37. The number of rotatable bonds is 6. The number of hydrogen-bond donors (Lipinski definition) is 1. The van der Waals surface area contributed by atoms with E-state index in [0.29, 0.717) is 28.1 Å². The number of carbonyl (C=O) groups is 1. The van der Waals surface area contributed by atoms with Gasteiger partial charge in [-0.25, -0.2) is 9.37 Å². The zero-order chi connectivity index (χ0) is 19.4. The first-order valence-electron chi connectivity index (χ1n) is 7.97. The van der Waals surface area contributed by atoms with E-state index in [1.165, 1.54) is 37.1 Å². The van der Waals surface area contributed by atoms with Crippen molar-refractivity contribution in [3.63, 3.8) is 0 Å². The number of ether oxygens (including phenoxy) is 1. The third-order valence-corrected chi connectivity index (χ3v) is 4.68. The number of benzene rings is 1. The lowest BCUT2D eigenvalue weighted by Gasteiger charge is -2.03. The number of methoxy groups -OCH3 is 1. The lowest BCUT2D eigenvalue weighted by molar-refractivity contribution is -0.139. The summed E-state index contributed by atoms with van der Waals surface area (Å²) in [4.78, 5) is 30.0. The maximum absolute atomic E-state index is 13.1. The van der Waals surface area contributed by atoms with Gasteiger partial charge in [-0.1, -0.05) is 16.9 Å². The molecule has 9 heteroatoms. The van der Waals surface area contributed by atoms with E-state index in [1.807, 2.05) is 6.92 Å². The summed E-state index contributed by atoms with van der Waals surface area (Å²) >= 11 is 1.26. The zero-order valence-corrected chi connectivity index (χ0v) is 15.4. The minimum atomic E-state index is -0.472. The minimum absolute atomic E-state index is 0.0777. The molecule has 0 saturated carbocycles. The topological polar surface area (TPSA) is 98.1 Å². The Labute approximate surface area is 158 Å². The summed E-state index contributed by atoms with van der Waals surface area (Å²) in [5.41, 5.74) is 2.21. The van der Waals surface area contributed by atoms with E-state index >= 15 is 0 Å². The van der Waals surface area contributed by atoms with Crippen molar-refractivity contribution in [1.29, 1.82) is 0 Å². The van der Waals surface area contributed by atoms with Crippen molar-refractivity contribution in [2.45, 2.75) is 24.3 Å². The molecule has 0 aliphatic carbocycles. The maximum Gasteiger partial charge on any atom is 0.311 e. The predicted molar refractivity (Wildman–Crippen MR) is 96.8 cm³/mol. The number of aromatic amines is 1. The lowest BCUT2D eigenvalue weighted by Crippen LogP contribution is -2.13. The number of halogens is 1. The highest BCUT2D eigenvalue weighted by atomic mass is 32.2. The Hall–Kier alpha value is -2.94. The van der Waals surface area contributed by atoms with Crippen LogP contribution < -0.4 is 5.56 Å². The van der Waals surface area contributed by atoms with E-state index in [9.17, 15) is 14.0 Å². The Morgan fingerprint density at radius 2 is 2.07 bits per heavy atom. The summed E-state index contributed by atoms with van der Waals surface area (Å²) in [5, 5.41) is 4.42. The van der Waals surface area contributed by atoms with E-state index in [-0.39, 0.29) is 17.8 Å². The molecule has 0 unspecified atom stereocenters. The predicted octanol–water partition coefficient (Wildman–Crippen LogP) is 2.88. The van der Waals surface area contributed by atoms with Crippen LogP contribution in [0.1, 0.15) is 17.0 Å². The van der Waals surface area contributed by atoms with Crippen LogP contribution in [0, 0.1) is 12.7 Å². The van der Waals surface area contributed by atoms with Crippen LogP contribution in [0.4, 0.5) is 4.39 Å². The molecule has 0 bridgehead atoms. The first-order valence-corrected chi connectivity index (χ1v) is 8.95. The summed E-state index contributed by atoms with van der Waals surface area (Å²) in [6.45, 7) is 1.86. The van der Waals surface area contributed by atoms with E-state index in [1.54, 1.807) is 12.1 Å². The summed E-state index contributed by atoms with van der Waals surface area (Å²) in [6, 6.07) is 7.21. The molecule has 0 radical (unpaired) electrons. The monoisotopic (exact) mass is 389 g/mol. The summed E-state index contributed by atoms with van der Waals surface area (Å²) in [7, 11) is 1.28. The highest BCUT2D eigenvalue weighted by molar-refractivity contribution is 7.98. The van der Waals surface area contributed by atoms with Crippen LogP contribution in [0.25, 0.3) is 11.3 Å². The molecule has 3 rings (SSSR count). The van der Waals surface area contributed by atoms with Crippen LogP contribution in [-0.2, 0) is 21.7 Å². The van der Waals surface area contributed by atoms with E-state index in [0.717, 1.165) is 11.1 Å². The molecule has 140 valence electrons. The third kappa shape index (κ3) is 4.62. The van der Waals surface area contributed by atoms with Gasteiger partial charge in [0.25, 0.3) is 5.56 Å². The second kappa shape index (κ2) is 8.17. The van der Waals surface area contributed by atoms with Crippen LogP contribution in [-0.4, -0.2) is 28.2 Å². The lowest BCUT2D eigenvalue weighted by atomic mass is 10.1. The van der Waals surface area contributed by atoms with Gasteiger partial charge in [-0.05, 0) is 31.2 Å². The molecule has 2 aromatic heterocycles. The molecule has 1 aromatic carbocycles. The average Bonchev–Trinajstić information content (AvgIpc) is 3.00. The highest BCUT2D eigenvalue weighted by Gasteiger charge is 2.15. The van der Waals surface area contributed by atoms with Crippen molar-refractivity contribution in [2.24, 2.45) is 0 Å². The molecule has 0 saturated heterocycles. The standard InChI is InChI=1S/C18H16FN3O4S/c1-10-14(22-26-17(10)11-3-5-12(19)6-4-11)9-27-18-20-13(7-15(23)21-18)8-16(24)25-2/h3-7H,8-9H2,1-2H3,(H,20,21,23). The molecule has 0 atom stereocenters. The van der Waals surface area contributed by atoms with Gasteiger partial charge in [0.1, 0.15) is 5.82 Å². The van der Waals surface area contributed by atoms with Gasteiger partial charge in [-0.15, -0.1) is 0 Å². The summed E-state index contributed by atoms with van der Waals surface area (Å²) in [5.74, 6) is 0.168. The second-order valence-corrected chi connectivity index (χ2v) is 6.64. The molecule has 3 aromatic rings. The first kappa shape index (κ1) is 18.8. The second-order valence-electron chi connectivity index (χ2n) is 5.67. The number of thioether (sulfide) groups is 1. The Balaban J connectivity index is 1.75. The smallest absolute Gasteiger partial charge is 0.311 e. The van der Waals surface area contributed by atoms with Crippen LogP contribution in [0.3, 0.4) is 0 Å². The number of carbonyl (C=O) groups excluding carboxylic acids is 1. The molecule has 0 aliphatic heterocycles. The van der Waals surface area contributed by atoms with Gasteiger partial charge in [0, 0.05) is 22.9 Å². The van der Waals surface area contributed by atoms with Crippen molar-refractivity contribution < 1.29 is 18.4 Å². The van der Waals surface area contributed by atoms with Gasteiger partial charge in [-0.3, -0.25) is 9.59 Å². The Bertz CT molecular complexity index is 1010. The van der Waals surface area contributed by atoms with E-state index in [2.05, 4.69) is 19.9 Å². The van der Waals surface area contributed by atoms with Crippen molar-refractivity contribution >= 4 is 17.7 Å². The summed E-state index contributed by atoms with van der Waals surface area (Å²) < 4.78 is 23.0. The van der Waals surface area contributed by atoms with Crippen molar-refractivity contribution in [1.82, 2.24) is 15.1 Å². The van der Waals surface area contributed by atoms with Crippen LogP contribution in [0.5, 0.6) is 0 Å². The fraction of sp³-hybridized carbons (Fsp3) is 0.222. The van der Waals surface area contributed by atoms with Gasteiger partial charge in [0.2, 0.25) is 0 Å². The zero-order valence-electron chi connectivity index (χ0n) is 14.6. The van der Waals surface area contributed by atoms with Gasteiger partial charge >= 0.3 is 5.97 Å². The van der Waals surface area contributed by atoms with E-state index < -0.39 is 5.97 Å². The van der Waals surface area contributed by atoms with Crippen LogP contribution >= 0.6 is 11.8 Å². The highest BCUT2D eigenvalue weighted by Crippen LogP contribution is 2.29. The maximum atomic E-state index is 13.1. The van der Waals surface area contributed by atoms with Gasteiger partial charge in [-0.2, -0.15) is 0 Å². The largest absolute Gasteiger partial charge is 0.469 e. The third-order valence-electron chi connectivity index (χ3n) is 3.80. The normalized spacial score (nSPS) is 10.8. The number of nitrogens with zero attached hydrogens (tertiary/aromatic N) is 2. The van der Waals surface area contributed by atoms with Crippen molar-refractivity contribution in [3.8, 4) is 11.3 Å². The molecule has 27 heavy (non-hydrogen) atoms. The molecule has 0 aliphatic rings. The molecule has 0 amide bonds. The number of nitrogens with one attached hydrogen (secondary N) is 1. The molecular formula is C18H16FN3O4S. The summed E-state index contributed by atoms with van der Waals surface area (Å²) in [6.07, 6.45) is -0.0777. The Morgan fingerprint density at radius 3 is 2.78 bits per heavy atom. The minimum Gasteiger partial charge on any atom is -0.469 e. The van der Waals surface area contributed by atoms with Gasteiger partial charge in [0.15, 0.2) is 10.9 Å². The number of aromatic nitrogens is 3. The molecule has 7 nitrogen and oxygen atoms in total. The molecule has 1 N–H and O–H groups in total. The number of hydrogen-bond acceptors (Lipinski definition) is 7. The average molecular weight is 389 g/mol. The Kier molecular flexibility index (Phi) is 5.70. The SMILES string of the molecule is COC(=O)Cc1cc(=O)[nH]c(SCc2noc(-c3ccc(F)cc3)c2C)n1. The number of esters is 1.